The number of nitrogens with zero attached hydrogens (tertiary/aromatic N) is 6. The number of likely N-dealkylation sites (N-methyl/N-ethyl adjacent to an activating group) is 1. The zero-order chi connectivity index (χ0) is 18.6. The number of benzene rings is 1. The Labute approximate surface area is 158 Å². The van der Waals surface area contributed by atoms with Crippen LogP contribution in [0.2, 0.25) is 0 Å². The summed E-state index contributed by atoms with van der Waals surface area (Å²) in [5, 5.41) is 4.53. The summed E-state index contributed by atoms with van der Waals surface area (Å²) < 4.78 is 1.73. The summed E-state index contributed by atoms with van der Waals surface area (Å²) in [5.74, 6) is 0.862. The van der Waals surface area contributed by atoms with E-state index in [0.717, 1.165) is 30.2 Å². The number of pyridine rings is 1. The summed E-state index contributed by atoms with van der Waals surface area (Å²) in [6.45, 7) is 3.13. The van der Waals surface area contributed by atoms with Crippen molar-refractivity contribution in [2.24, 2.45) is 0 Å². The fourth-order valence-electron chi connectivity index (χ4n) is 3.16. The molecule has 0 atom stereocenters. The molecule has 138 valence electrons. The molecule has 1 fully saturated rings. The van der Waals surface area contributed by atoms with Crippen molar-refractivity contribution in [1.29, 1.82) is 0 Å². The Hall–Kier alpha value is -3.06. The lowest BCUT2D eigenvalue weighted by atomic mass is 10.1. The van der Waals surface area contributed by atoms with Gasteiger partial charge in [-0.15, -0.1) is 5.10 Å². The number of carbonyl (C=O) groups excluding carboxylic acids is 1. The number of hydrogen-bond donors (Lipinski definition) is 0. The first kappa shape index (κ1) is 17.4. The molecule has 0 bridgehead atoms. The molecule has 27 heavy (non-hydrogen) atoms. The first-order valence-corrected chi connectivity index (χ1v) is 9.09. The van der Waals surface area contributed by atoms with Crippen LogP contribution < -0.4 is 0 Å². The monoisotopic (exact) mass is 362 g/mol. The SMILES string of the molecule is CN1CCN(C(=O)c2nc(Cc3ccccc3)n(-c3cccnc3)n2)CC1. The van der Waals surface area contributed by atoms with Gasteiger partial charge in [-0.25, -0.2) is 9.67 Å². The maximum atomic E-state index is 12.9. The minimum Gasteiger partial charge on any atom is -0.333 e. The van der Waals surface area contributed by atoms with Crippen molar-refractivity contribution in [3.05, 3.63) is 72.1 Å². The Bertz CT molecular complexity index is 901. The predicted octanol–water partition coefficient (Wildman–Crippen LogP) is 1.64. The molecular weight excluding hydrogens is 340 g/mol. The molecule has 4 rings (SSSR count). The minimum atomic E-state index is -0.111. The van der Waals surface area contributed by atoms with Gasteiger partial charge in [0, 0.05) is 38.8 Å². The summed E-state index contributed by atoms with van der Waals surface area (Å²) in [6.07, 6.45) is 4.04. The van der Waals surface area contributed by atoms with Gasteiger partial charge in [0.15, 0.2) is 0 Å². The zero-order valence-electron chi connectivity index (χ0n) is 15.3. The molecule has 0 saturated carbocycles. The standard InChI is InChI=1S/C20H22N6O/c1-24-10-12-25(13-11-24)20(27)19-22-18(14-16-6-3-2-4-7-16)26(23-19)17-8-5-9-21-15-17/h2-9,15H,10-14H2,1H3. The van der Waals surface area contributed by atoms with E-state index in [1.807, 2.05) is 47.4 Å². The van der Waals surface area contributed by atoms with Gasteiger partial charge in [0.2, 0.25) is 5.82 Å². The molecular formula is C20H22N6O. The van der Waals surface area contributed by atoms with Crippen LogP contribution in [0.1, 0.15) is 22.0 Å². The fraction of sp³-hybridized carbons (Fsp3) is 0.300. The number of rotatable bonds is 4. The van der Waals surface area contributed by atoms with Crippen LogP contribution in [0.15, 0.2) is 54.9 Å². The lowest BCUT2D eigenvalue weighted by molar-refractivity contribution is 0.0652. The first-order valence-electron chi connectivity index (χ1n) is 9.09. The Balaban J connectivity index is 1.66. The summed E-state index contributed by atoms with van der Waals surface area (Å²) in [6, 6.07) is 13.8. The van der Waals surface area contributed by atoms with Crippen LogP contribution in [0, 0.1) is 0 Å². The van der Waals surface area contributed by atoms with Crippen LogP contribution in [0.4, 0.5) is 0 Å². The molecule has 3 aromatic rings. The molecule has 1 aliphatic rings. The highest BCUT2D eigenvalue weighted by molar-refractivity contribution is 5.90. The molecule has 1 amide bonds. The molecule has 3 heterocycles. The van der Waals surface area contributed by atoms with Crippen LogP contribution in [0.5, 0.6) is 0 Å². The van der Waals surface area contributed by atoms with Crippen LogP contribution in [0.3, 0.4) is 0 Å². The third-order valence-electron chi connectivity index (χ3n) is 4.75. The second-order valence-electron chi connectivity index (χ2n) is 6.73. The van der Waals surface area contributed by atoms with Crippen LogP contribution in [0.25, 0.3) is 5.69 Å². The summed E-state index contributed by atoms with van der Waals surface area (Å²) >= 11 is 0. The van der Waals surface area contributed by atoms with E-state index in [2.05, 4.69) is 27.0 Å². The van der Waals surface area contributed by atoms with Crippen molar-refractivity contribution >= 4 is 5.91 Å². The Kier molecular flexibility index (Phi) is 4.93. The first-order chi connectivity index (χ1) is 13.2. The molecule has 1 aliphatic heterocycles. The van der Waals surface area contributed by atoms with Crippen molar-refractivity contribution in [2.75, 3.05) is 33.2 Å². The largest absolute Gasteiger partial charge is 0.333 e. The van der Waals surface area contributed by atoms with Crippen LogP contribution in [-0.2, 0) is 6.42 Å². The minimum absolute atomic E-state index is 0.111. The van der Waals surface area contributed by atoms with Gasteiger partial charge >= 0.3 is 0 Å². The van der Waals surface area contributed by atoms with Crippen molar-refractivity contribution < 1.29 is 4.79 Å². The molecule has 2 aromatic heterocycles. The topological polar surface area (TPSA) is 67.2 Å². The van der Waals surface area contributed by atoms with E-state index >= 15 is 0 Å². The Morgan fingerprint density at radius 3 is 2.52 bits per heavy atom. The van der Waals surface area contributed by atoms with Crippen molar-refractivity contribution in [1.82, 2.24) is 29.5 Å². The average molecular weight is 362 g/mol. The zero-order valence-corrected chi connectivity index (χ0v) is 15.3. The van der Waals surface area contributed by atoms with Gasteiger partial charge in [-0.2, -0.15) is 0 Å². The molecule has 0 N–H and O–H groups in total. The second-order valence-corrected chi connectivity index (χ2v) is 6.73. The highest BCUT2D eigenvalue weighted by Gasteiger charge is 2.25. The highest BCUT2D eigenvalue weighted by Crippen LogP contribution is 2.15. The smallest absolute Gasteiger partial charge is 0.293 e. The van der Waals surface area contributed by atoms with E-state index in [9.17, 15) is 4.79 Å². The second kappa shape index (κ2) is 7.67. The highest BCUT2D eigenvalue weighted by atomic mass is 16.2. The van der Waals surface area contributed by atoms with E-state index in [1.165, 1.54) is 0 Å². The molecule has 0 aliphatic carbocycles. The van der Waals surface area contributed by atoms with Gasteiger partial charge in [-0.1, -0.05) is 30.3 Å². The van der Waals surface area contributed by atoms with Crippen LogP contribution in [-0.4, -0.2) is 68.7 Å². The fourth-order valence-corrected chi connectivity index (χ4v) is 3.16. The number of piperazine rings is 1. The number of hydrogen-bond acceptors (Lipinski definition) is 5. The maximum Gasteiger partial charge on any atom is 0.293 e. The Morgan fingerprint density at radius 1 is 1.04 bits per heavy atom. The molecule has 1 aromatic carbocycles. The summed E-state index contributed by atoms with van der Waals surface area (Å²) in [4.78, 5) is 25.7. The molecule has 1 saturated heterocycles. The summed E-state index contributed by atoms with van der Waals surface area (Å²) in [5.41, 5.74) is 1.92. The number of aromatic nitrogens is 4. The van der Waals surface area contributed by atoms with Crippen molar-refractivity contribution in [3.8, 4) is 5.69 Å². The van der Waals surface area contributed by atoms with Gasteiger partial charge in [-0.05, 0) is 24.7 Å². The van der Waals surface area contributed by atoms with Crippen molar-refractivity contribution in [2.45, 2.75) is 6.42 Å². The lowest BCUT2D eigenvalue weighted by Gasteiger charge is -2.31. The Morgan fingerprint density at radius 2 is 1.81 bits per heavy atom. The van der Waals surface area contributed by atoms with E-state index in [1.54, 1.807) is 17.1 Å². The quantitative estimate of drug-likeness (QED) is 0.706. The van der Waals surface area contributed by atoms with Gasteiger partial charge in [0.1, 0.15) is 5.82 Å². The third-order valence-corrected chi connectivity index (χ3v) is 4.75. The normalized spacial score (nSPS) is 15.1. The van der Waals surface area contributed by atoms with Crippen molar-refractivity contribution in [3.63, 3.8) is 0 Å². The number of amides is 1. The molecule has 7 nitrogen and oxygen atoms in total. The van der Waals surface area contributed by atoms with Gasteiger partial charge < -0.3 is 9.80 Å². The summed E-state index contributed by atoms with van der Waals surface area (Å²) in [7, 11) is 2.06. The van der Waals surface area contributed by atoms with E-state index < -0.39 is 0 Å². The van der Waals surface area contributed by atoms with E-state index in [-0.39, 0.29) is 11.7 Å². The van der Waals surface area contributed by atoms with E-state index in [4.69, 9.17) is 0 Å². The molecule has 0 radical (unpaired) electrons. The number of carbonyl (C=O) groups is 1. The molecule has 0 spiro atoms. The lowest BCUT2D eigenvalue weighted by Crippen LogP contribution is -2.47. The maximum absolute atomic E-state index is 12.9. The molecule has 0 unspecified atom stereocenters. The van der Waals surface area contributed by atoms with Gasteiger partial charge in [0.25, 0.3) is 5.91 Å². The predicted molar refractivity (Wildman–Crippen MR) is 102 cm³/mol. The third kappa shape index (κ3) is 3.88. The van der Waals surface area contributed by atoms with Gasteiger partial charge in [-0.3, -0.25) is 9.78 Å². The van der Waals surface area contributed by atoms with Gasteiger partial charge in [0.05, 0.1) is 11.9 Å². The average Bonchev–Trinajstić information content (AvgIpc) is 3.13. The van der Waals surface area contributed by atoms with Crippen LogP contribution >= 0.6 is 0 Å². The van der Waals surface area contributed by atoms with E-state index in [0.29, 0.717) is 19.5 Å². The molecule has 7 heteroatoms.